The van der Waals surface area contributed by atoms with Crippen molar-refractivity contribution in [3.05, 3.63) is 22.2 Å². The molecule has 0 bridgehead atoms. The molecule has 0 atom stereocenters. The van der Waals surface area contributed by atoms with Gasteiger partial charge in [-0.3, -0.25) is 10.1 Å². The molecule has 2 rings (SSSR count). The molecule has 1 aromatic carbocycles. The molecule has 1 fully saturated rings. The molecule has 1 aliphatic carbocycles. The van der Waals surface area contributed by atoms with E-state index >= 15 is 0 Å². The molecule has 0 aliphatic heterocycles. The molecule has 1 aromatic rings. The summed E-state index contributed by atoms with van der Waals surface area (Å²) in [6, 6.07) is 2.52. The number of imide groups is 1. The summed E-state index contributed by atoms with van der Waals surface area (Å²) in [5.74, 6) is -0.553. The Kier molecular flexibility index (Phi) is 8.56. The average molecular weight is 457 g/mol. The summed E-state index contributed by atoms with van der Waals surface area (Å²) < 4.78 is 16.4. The zero-order chi connectivity index (χ0) is 20.5. The number of methoxy groups -OCH3 is 1. The standard InChI is InChI=1S/C19H25BrN2O6/c1-3-8-27-17-14(20)9-12(10-15(17)26-2)18(24)28-11-16(23)22-19(25)21-13-6-4-5-7-13/h9-10,13H,3-8,11H2,1-2H3,(H2,21,22,23,25). The van der Waals surface area contributed by atoms with Crippen molar-refractivity contribution in [2.24, 2.45) is 0 Å². The smallest absolute Gasteiger partial charge is 0.338 e. The summed E-state index contributed by atoms with van der Waals surface area (Å²) in [6.07, 6.45) is 4.77. The van der Waals surface area contributed by atoms with Gasteiger partial charge in [0.25, 0.3) is 5.91 Å². The lowest BCUT2D eigenvalue weighted by Crippen LogP contribution is -2.44. The van der Waals surface area contributed by atoms with E-state index in [1.807, 2.05) is 6.92 Å². The molecule has 3 amide bonds. The Morgan fingerprint density at radius 3 is 2.57 bits per heavy atom. The van der Waals surface area contributed by atoms with Crippen molar-refractivity contribution in [1.29, 1.82) is 0 Å². The highest BCUT2D eigenvalue weighted by Gasteiger charge is 2.20. The molecule has 1 aliphatic rings. The van der Waals surface area contributed by atoms with Gasteiger partial charge < -0.3 is 19.5 Å². The number of rotatable bonds is 8. The van der Waals surface area contributed by atoms with Crippen LogP contribution in [-0.2, 0) is 9.53 Å². The van der Waals surface area contributed by atoms with Gasteiger partial charge in [0.1, 0.15) is 0 Å². The molecule has 0 aromatic heterocycles. The molecule has 9 heteroatoms. The first-order chi connectivity index (χ1) is 13.4. The summed E-state index contributed by atoms with van der Waals surface area (Å²) in [5, 5.41) is 4.89. The van der Waals surface area contributed by atoms with Crippen molar-refractivity contribution < 1.29 is 28.6 Å². The summed E-state index contributed by atoms with van der Waals surface area (Å²) in [5.41, 5.74) is 0.191. The average Bonchev–Trinajstić information content (AvgIpc) is 3.17. The first-order valence-electron chi connectivity index (χ1n) is 9.22. The van der Waals surface area contributed by atoms with E-state index in [1.54, 1.807) is 0 Å². The predicted octanol–water partition coefficient (Wildman–Crippen LogP) is 3.17. The molecule has 8 nitrogen and oxygen atoms in total. The van der Waals surface area contributed by atoms with Crippen LogP contribution in [0.4, 0.5) is 4.79 Å². The van der Waals surface area contributed by atoms with Crippen LogP contribution >= 0.6 is 15.9 Å². The van der Waals surface area contributed by atoms with Gasteiger partial charge in [-0.05, 0) is 47.3 Å². The van der Waals surface area contributed by atoms with E-state index in [9.17, 15) is 14.4 Å². The summed E-state index contributed by atoms with van der Waals surface area (Å²) in [4.78, 5) is 35.8. The highest BCUT2D eigenvalue weighted by Crippen LogP contribution is 2.37. The third-order valence-corrected chi connectivity index (χ3v) is 4.78. The molecular weight excluding hydrogens is 432 g/mol. The van der Waals surface area contributed by atoms with Crippen molar-refractivity contribution in [1.82, 2.24) is 10.6 Å². The Balaban J connectivity index is 1.88. The van der Waals surface area contributed by atoms with E-state index in [2.05, 4.69) is 26.6 Å². The Morgan fingerprint density at radius 1 is 1.21 bits per heavy atom. The van der Waals surface area contributed by atoms with Crippen LogP contribution in [0.5, 0.6) is 11.5 Å². The number of benzene rings is 1. The van der Waals surface area contributed by atoms with E-state index in [0.717, 1.165) is 32.1 Å². The number of nitrogens with one attached hydrogen (secondary N) is 2. The number of halogens is 1. The highest BCUT2D eigenvalue weighted by molar-refractivity contribution is 9.10. The van der Waals surface area contributed by atoms with Crippen molar-refractivity contribution in [3.8, 4) is 11.5 Å². The number of carbonyl (C=O) groups is 3. The number of amides is 3. The summed E-state index contributed by atoms with van der Waals surface area (Å²) in [7, 11) is 1.46. The molecule has 0 radical (unpaired) electrons. The van der Waals surface area contributed by atoms with Gasteiger partial charge in [-0.15, -0.1) is 0 Å². The van der Waals surface area contributed by atoms with Gasteiger partial charge in [0.15, 0.2) is 18.1 Å². The highest BCUT2D eigenvalue weighted by atomic mass is 79.9. The van der Waals surface area contributed by atoms with Gasteiger partial charge in [0.2, 0.25) is 0 Å². The third kappa shape index (κ3) is 6.40. The molecule has 0 saturated heterocycles. The predicted molar refractivity (Wildman–Crippen MR) is 106 cm³/mol. The second-order valence-electron chi connectivity index (χ2n) is 6.42. The van der Waals surface area contributed by atoms with Crippen LogP contribution in [-0.4, -0.2) is 44.3 Å². The minimum atomic E-state index is -0.715. The lowest BCUT2D eigenvalue weighted by atomic mass is 10.2. The van der Waals surface area contributed by atoms with Crippen LogP contribution in [0.3, 0.4) is 0 Å². The van der Waals surface area contributed by atoms with E-state index in [1.165, 1.54) is 19.2 Å². The van der Waals surface area contributed by atoms with E-state index in [4.69, 9.17) is 14.2 Å². The Hall–Kier alpha value is -2.29. The molecule has 1 saturated carbocycles. The number of esters is 1. The zero-order valence-corrected chi connectivity index (χ0v) is 17.6. The molecule has 154 valence electrons. The van der Waals surface area contributed by atoms with Crippen molar-refractivity contribution in [2.75, 3.05) is 20.3 Å². The van der Waals surface area contributed by atoms with Crippen LogP contribution in [0.1, 0.15) is 49.4 Å². The summed E-state index contributed by atoms with van der Waals surface area (Å²) >= 11 is 3.35. The van der Waals surface area contributed by atoms with Gasteiger partial charge >= 0.3 is 12.0 Å². The maximum Gasteiger partial charge on any atom is 0.338 e. The van der Waals surface area contributed by atoms with Crippen molar-refractivity contribution in [3.63, 3.8) is 0 Å². The van der Waals surface area contributed by atoms with Crippen LogP contribution in [0, 0.1) is 0 Å². The number of carbonyl (C=O) groups excluding carboxylic acids is 3. The Labute approximate surface area is 172 Å². The van der Waals surface area contributed by atoms with E-state index in [0.29, 0.717) is 22.6 Å². The van der Waals surface area contributed by atoms with Crippen LogP contribution in [0.2, 0.25) is 0 Å². The summed E-state index contributed by atoms with van der Waals surface area (Å²) in [6.45, 7) is 1.91. The Bertz CT molecular complexity index is 719. The molecule has 28 heavy (non-hydrogen) atoms. The maximum atomic E-state index is 12.2. The first-order valence-corrected chi connectivity index (χ1v) is 10.0. The largest absolute Gasteiger partial charge is 0.493 e. The third-order valence-electron chi connectivity index (χ3n) is 4.19. The fourth-order valence-electron chi connectivity index (χ4n) is 2.85. The molecule has 0 unspecified atom stereocenters. The monoisotopic (exact) mass is 456 g/mol. The lowest BCUT2D eigenvalue weighted by Gasteiger charge is -2.14. The zero-order valence-electron chi connectivity index (χ0n) is 16.0. The second-order valence-corrected chi connectivity index (χ2v) is 7.27. The number of ether oxygens (including phenoxy) is 3. The van der Waals surface area contributed by atoms with Crippen LogP contribution in [0.25, 0.3) is 0 Å². The van der Waals surface area contributed by atoms with Crippen LogP contribution < -0.4 is 20.1 Å². The fraction of sp³-hybridized carbons (Fsp3) is 0.526. The number of hydrogen-bond acceptors (Lipinski definition) is 6. The lowest BCUT2D eigenvalue weighted by molar-refractivity contribution is -0.123. The van der Waals surface area contributed by atoms with E-state index in [-0.39, 0.29) is 11.6 Å². The van der Waals surface area contributed by atoms with Gasteiger partial charge in [-0.2, -0.15) is 0 Å². The van der Waals surface area contributed by atoms with Gasteiger partial charge in [-0.1, -0.05) is 19.8 Å². The van der Waals surface area contributed by atoms with Gasteiger partial charge in [-0.25, -0.2) is 9.59 Å². The molecular formula is C19H25BrN2O6. The minimum Gasteiger partial charge on any atom is -0.493 e. The topological polar surface area (TPSA) is 103 Å². The molecule has 0 spiro atoms. The minimum absolute atomic E-state index is 0.0913. The Morgan fingerprint density at radius 2 is 1.93 bits per heavy atom. The SMILES string of the molecule is CCCOc1c(Br)cc(C(=O)OCC(=O)NC(=O)NC2CCCC2)cc1OC. The van der Waals surface area contributed by atoms with Gasteiger partial charge in [0, 0.05) is 6.04 Å². The maximum absolute atomic E-state index is 12.2. The fourth-order valence-corrected chi connectivity index (χ4v) is 3.41. The van der Waals surface area contributed by atoms with Crippen molar-refractivity contribution in [2.45, 2.75) is 45.1 Å². The van der Waals surface area contributed by atoms with Crippen molar-refractivity contribution >= 4 is 33.8 Å². The number of urea groups is 1. The van der Waals surface area contributed by atoms with Crippen LogP contribution in [0.15, 0.2) is 16.6 Å². The molecule has 0 heterocycles. The first kappa shape index (κ1) is 22.0. The van der Waals surface area contributed by atoms with E-state index < -0.39 is 24.5 Å². The molecule has 2 N–H and O–H groups in total. The second kappa shape index (κ2) is 10.9. The van der Waals surface area contributed by atoms with Gasteiger partial charge in [0.05, 0.1) is 23.8 Å². The normalized spacial score (nSPS) is 13.7. The quantitative estimate of drug-likeness (QED) is 0.582. The number of hydrogen-bond donors (Lipinski definition) is 2.